The van der Waals surface area contributed by atoms with Crippen LogP contribution in [0, 0.1) is 0 Å². The molecule has 0 unspecified atom stereocenters. The smallest absolute Gasteiger partial charge is 0.523 e. The van der Waals surface area contributed by atoms with Crippen molar-refractivity contribution in [3.8, 4) is 34.1 Å². The van der Waals surface area contributed by atoms with E-state index in [1.807, 2.05) is 60.7 Å². The average Bonchev–Trinajstić information content (AvgIpc) is 2.94. The Balaban J connectivity index is 1.82. The normalized spacial score (nSPS) is 13.2. The third kappa shape index (κ3) is 5.07. The van der Waals surface area contributed by atoms with E-state index in [0.717, 1.165) is 0 Å². The molecule has 0 aliphatic heterocycles. The summed E-state index contributed by atoms with van der Waals surface area (Å²) in [5.74, 6) is 0.552. The molecule has 2 aromatic heterocycles. The van der Waals surface area contributed by atoms with Gasteiger partial charge in [-0.3, -0.25) is 9.59 Å². The van der Waals surface area contributed by atoms with E-state index in [1.54, 1.807) is 52.0 Å². The molecule has 2 aromatic carbocycles. The van der Waals surface area contributed by atoms with Gasteiger partial charge in [0, 0.05) is 11.1 Å². The van der Waals surface area contributed by atoms with Crippen molar-refractivity contribution in [2.24, 2.45) is 0 Å². The minimum absolute atomic E-state index is 0.00339. The van der Waals surface area contributed by atoms with Crippen LogP contribution in [0.1, 0.15) is 27.7 Å². The third-order valence-corrected chi connectivity index (χ3v) is 5.85. The Labute approximate surface area is 214 Å². The lowest BCUT2D eigenvalue weighted by atomic mass is 10.1. The van der Waals surface area contributed by atoms with Gasteiger partial charge in [-0.15, -0.1) is 0 Å². The molecule has 0 spiro atoms. The second-order valence-corrected chi connectivity index (χ2v) is 8.03. The summed E-state index contributed by atoms with van der Waals surface area (Å²) in [6.45, 7) is 7.11. The first kappa shape index (κ1) is 25.6. The Bertz CT molecular complexity index is 1640. The lowest BCUT2D eigenvalue weighted by molar-refractivity contribution is 0.417. The predicted octanol–water partition coefficient (Wildman–Crippen LogP) is 2.85. The Morgan fingerprint density at radius 1 is 0.595 bits per heavy atom. The molecular weight excluding hydrogens is 467 g/mol. The fraction of sp³-hybridized carbons (Fsp3) is 0.133. The molecule has 0 aliphatic rings. The van der Waals surface area contributed by atoms with E-state index in [2.05, 4.69) is 0 Å². The van der Waals surface area contributed by atoms with Crippen LogP contribution < -0.4 is 41.4 Å². The molecule has 0 fully saturated rings. The zero-order chi connectivity index (χ0) is 26.4. The van der Waals surface area contributed by atoms with Crippen molar-refractivity contribution < 1.29 is 18.1 Å². The van der Waals surface area contributed by atoms with E-state index >= 15 is 0 Å². The van der Waals surface area contributed by atoms with Gasteiger partial charge in [-0.25, -0.2) is 0 Å². The van der Waals surface area contributed by atoms with Gasteiger partial charge in [0.15, 0.2) is 23.0 Å². The summed E-state index contributed by atoms with van der Waals surface area (Å²) in [6, 6.07) is 18.4. The summed E-state index contributed by atoms with van der Waals surface area (Å²) < 4.78 is 23.9. The molecule has 0 bridgehead atoms. The summed E-state index contributed by atoms with van der Waals surface area (Å²) in [5, 5.41) is 0.764. The van der Waals surface area contributed by atoms with Crippen LogP contribution in [0.25, 0.3) is 47.0 Å². The second-order valence-electron chi connectivity index (χ2n) is 8.03. The van der Waals surface area contributed by atoms with Crippen molar-refractivity contribution in [1.82, 2.24) is 0 Å². The van der Waals surface area contributed by atoms with E-state index in [4.69, 9.17) is 18.1 Å². The monoisotopic (exact) mass is 494 g/mol. The molecule has 37 heavy (non-hydrogen) atoms. The SMILES string of the molecule is C/C=c1/oc(-c2ccccc2)c(OBOc2c(-c3ccccc3)oc(=C/C)/c(=C\C)c2=O)c(=O)/c1=C/C. The molecule has 0 amide bonds. The van der Waals surface area contributed by atoms with Crippen molar-refractivity contribution in [2.45, 2.75) is 27.7 Å². The van der Waals surface area contributed by atoms with Crippen LogP contribution in [-0.2, 0) is 0 Å². The molecular formula is C30H27BO6. The minimum atomic E-state index is -0.411. The molecule has 0 saturated heterocycles. The molecule has 0 saturated carbocycles. The van der Waals surface area contributed by atoms with Crippen LogP contribution in [0.2, 0.25) is 0 Å². The van der Waals surface area contributed by atoms with E-state index < -0.39 is 7.69 Å². The first-order valence-corrected chi connectivity index (χ1v) is 12.0. The van der Waals surface area contributed by atoms with Gasteiger partial charge in [-0.05, 0) is 39.8 Å². The first-order valence-electron chi connectivity index (χ1n) is 12.0. The standard InChI is InChI=1S/C30H27BO6/c1-5-21-23(7-3)34-27(19-15-11-9-12-16-19)29(25(21)32)36-31-37-30-26(33)22(6-2)24(8-4)35-28(30)20-17-13-10-14-18-20/h5-18,31H,1-4H3/b21-5+,22-6+,23-7+,24-8+. The molecule has 4 aromatic rings. The fourth-order valence-corrected chi connectivity index (χ4v) is 4.04. The molecule has 0 atom stereocenters. The summed E-state index contributed by atoms with van der Waals surface area (Å²) >= 11 is 0. The van der Waals surface area contributed by atoms with Crippen LogP contribution in [0.15, 0.2) is 79.1 Å². The minimum Gasteiger partial charge on any atom is -0.523 e. The van der Waals surface area contributed by atoms with Gasteiger partial charge in [-0.1, -0.05) is 72.8 Å². The molecule has 6 nitrogen and oxygen atoms in total. The highest BCUT2D eigenvalue weighted by Gasteiger charge is 2.20. The Hall–Kier alpha value is -4.52. The number of hydrogen-bond donors (Lipinski definition) is 0. The largest absolute Gasteiger partial charge is 0.576 e. The molecule has 4 rings (SSSR count). The zero-order valence-corrected chi connectivity index (χ0v) is 21.2. The molecule has 7 heteroatoms. The topological polar surface area (TPSA) is 78.9 Å². The van der Waals surface area contributed by atoms with Gasteiger partial charge in [-0.2, -0.15) is 0 Å². The number of benzene rings is 2. The summed E-state index contributed by atoms with van der Waals surface area (Å²) in [4.78, 5) is 26.7. The third-order valence-electron chi connectivity index (χ3n) is 5.85. The number of hydrogen-bond acceptors (Lipinski definition) is 6. The second kappa shape index (κ2) is 11.5. The van der Waals surface area contributed by atoms with Crippen molar-refractivity contribution in [2.75, 3.05) is 0 Å². The fourth-order valence-electron chi connectivity index (χ4n) is 4.04. The lowest BCUT2D eigenvalue weighted by Crippen LogP contribution is -2.41. The molecule has 186 valence electrons. The highest BCUT2D eigenvalue weighted by atomic mass is 16.6. The van der Waals surface area contributed by atoms with Crippen LogP contribution in [-0.4, -0.2) is 7.69 Å². The zero-order valence-electron chi connectivity index (χ0n) is 21.2. The van der Waals surface area contributed by atoms with Gasteiger partial charge >= 0.3 is 7.69 Å². The van der Waals surface area contributed by atoms with Gasteiger partial charge in [0.05, 0.1) is 10.4 Å². The molecule has 0 radical (unpaired) electrons. The molecule has 0 N–H and O–H groups in total. The maximum Gasteiger partial charge on any atom is 0.576 e. The quantitative estimate of drug-likeness (QED) is 0.384. The van der Waals surface area contributed by atoms with Crippen molar-refractivity contribution >= 4 is 32.0 Å². The van der Waals surface area contributed by atoms with E-state index in [0.29, 0.717) is 32.4 Å². The first-order chi connectivity index (χ1) is 18.0. The highest BCUT2D eigenvalue weighted by molar-refractivity contribution is 6.21. The van der Waals surface area contributed by atoms with Crippen LogP contribution in [0.3, 0.4) is 0 Å². The maximum atomic E-state index is 13.4. The van der Waals surface area contributed by atoms with Crippen LogP contribution in [0.4, 0.5) is 0 Å². The van der Waals surface area contributed by atoms with Crippen molar-refractivity contribution in [1.29, 1.82) is 0 Å². The Morgan fingerprint density at radius 2 is 0.973 bits per heavy atom. The van der Waals surface area contributed by atoms with Gasteiger partial charge in [0.1, 0.15) is 10.8 Å². The maximum absolute atomic E-state index is 13.4. The lowest BCUT2D eigenvalue weighted by Gasteiger charge is -2.13. The van der Waals surface area contributed by atoms with Gasteiger partial charge < -0.3 is 18.1 Å². The summed E-state index contributed by atoms with van der Waals surface area (Å²) in [7, 11) is -0.411. The van der Waals surface area contributed by atoms with Crippen LogP contribution >= 0.6 is 0 Å². The summed E-state index contributed by atoms with van der Waals surface area (Å²) in [5.41, 5.74) is 1.57. The Morgan fingerprint density at radius 3 is 1.30 bits per heavy atom. The van der Waals surface area contributed by atoms with E-state index in [1.165, 1.54) is 0 Å². The van der Waals surface area contributed by atoms with Gasteiger partial charge in [0.25, 0.3) is 0 Å². The average molecular weight is 494 g/mol. The van der Waals surface area contributed by atoms with Crippen molar-refractivity contribution in [3.05, 3.63) is 102 Å². The van der Waals surface area contributed by atoms with E-state index in [-0.39, 0.29) is 33.9 Å². The van der Waals surface area contributed by atoms with Crippen LogP contribution in [0.5, 0.6) is 11.5 Å². The number of rotatable bonds is 6. The summed E-state index contributed by atoms with van der Waals surface area (Å²) in [6.07, 6.45) is 6.82. The molecule has 0 aliphatic carbocycles. The predicted molar refractivity (Wildman–Crippen MR) is 148 cm³/mol. The van der Waals surface area contributed by atoms with E-state index in [9.17, 15) is 9.59 Å². The highest BCUT2D eigenvalue weighted by Crippen LogP contribution is 2.27. The van der Waals surface area contributed by atoms with Gasteiger partial charge in [0.2, 0.25) is 10.9 Å². The Kier molecular flexibility index (Phi) is 7.94. The molecule has 2 heterocycles. The van der Waals surface area contributed by atoms with Crippen molar-refractivity contribution in [3.63, 3.8) is 0 Å².